The van der Waals surface area contributed by atoms with Crippen molar-refractivity contribution in [3.8, 4) is 0 Å². The van der Waals surface area contributed by atoms with E-state index in [0.29, 0.717) is 0 Å². The third-order valence-electron chi connectivity index (χ3n) is 3.45. The van der Waals surface area contributed by atoms with Crippen LogP contribution in [-0.4, -0.2) is 13.1 Å². The first-order valence-corrected chi connectivity index (χ1v) is 6.91. The second kappa shape index (κ2) is 10.5. The summed E-state index contributed by atoms with van der Waals surface area (Å²) >= 11 is 0. The first-order chi connectivity index (χ1) is 7.24. The molecule has 15 heavy (non-hydrogen) atoms. The van der Waals surface area contributed by atoms with E-state index in [1.165, 1.54) is 51.4 Å². The fourth-order valence-corrected chi connectivity index (χ4v) is 2.03. The molecule has 0 aliphatic carbocycles. The molecule has 0 amide bonds. The fraction of sp³-hybridized carbons (Fsp3) is 1.00. The van der Waals surface area contributed by atoms with Gasteiger partial charge in [-0.3, -0.25) is 0 Å². The normalized spacial score (nSPS) is 15.2. The molecule has 1 heteroatoms. The molecule has 2 unspecified atom stereocenters. The van der Waals surface area contributed by atoms with Crippen LogP contribution in [0.25, 0.3) is 0 Å². The van der Waals surface area contributed by atoms with E-state index in [4.69, 9.17) is 0 Å². The fourth-order valence-electron chi connectivity index (χ4n) is 2.03. The van der Waals surface area contributed by atoms with Crippen molar-refractivity contribution in [2.75, 3.05) is 7.05 Å². The zero-order chi connectivity index (χ0) is 11.5. The summed E-state index contributed by atoms with van der Waals surface area (Å²) in [6.45, 7) is 6.93. The molecule has 0 rings (SSSR count). The quantitative estimate of drug-likeness (QED) is 0.531. The number of rotatable bonds is 10. The predicted octanol–water partition coefficient (Wildman–Crippen LogP) is 4.37. The monoisotopic (exact) mass is 213 g/mol. The number of hydrogen-bond donors (Lipinski definition) is 1. The highest BCUT2D eigenvalue weighted by atomic mass is 14.9. The van der Waals surface area contributed by atoms with Crippen molar-refractivity contribution >= 4 is 0 Å². The lowest BCUT2D eigenvalue weighted by atomic mass is 9.95. The minimum absolute atomic E-state index is 0.751. The molecule has 1 N–H and O–H groups in total. The smallest absolute Gasteiger partial charge is 0.00665 e. The molecule has 0 saturated carbocycles. The van der Waals surface area contributed by atoms with E-state index in [2.05, 4.69) is 33.1 Å². The van der Waals surface area contributed by atoms with Crippen molar-refractivity contribution in [2.24, 2.45) is 5.92 Å². The van der Waals surface area contributed by atoms with Gasteiger partial charge in [-0.1, -0.05) is 59.3 Å². The first-order valence-electron chi connectivity index (χ1n) is 6.91. The van der Waals surface area contributed by atoms with Gasteiger partial charge < -0.3 is 5.32 Å². The van der Waals surface area contributed by atoms with Crippen LogP contribution < -0.4 is 5.32 Å². The van der Waals surface area contributed by atoms with Gasteiger partial charge in [0, 0.05) is 6.04 Å². The maximum absolute atomic E-state index is 3.46. The van der Waals surface area contributed by atoms with Crippen molar-refractivity contribution in [3.05, 3.63) is 0 Å². The topological polar surface area (TPSA) is 12.0 Å². The van der Waals surface area contributed by atoms with Crippen LogP contribution in [0.5, 0.6) is 0 Å². The zero-order valence-electron chi connectivity index (χ0n) is 11.3. The van der Waals surface area contributed by atoms with Gasteiger partial charge in [0.2, 0.25) is 0 Å². The highest BCUT2D eigenvalue weighted by Crippen LogP contribution is 2.15. The van der Waals surface area contributed by atoms with Gasteiger partial charge in [-0.05, 0) is 25.8 Å². The summed E-state index contributed by atoms with van der Waals surface area (Å²) in [5, 5.41) is 3.46. The Bertz CT molecular complexity index is 123. The summed E-state index contributed by atoms with van der Waals surface area (Å²) in [5.41, 5.74) is 0. The van der Waals surface area contributed by atoms with E-state index < -0.39 is 0 Å². The van der Waals surface area contributed by atoms with E-state index in [-0.39, 0.29) is 0 Å². The highest BCUT2D eigenvalue weighted by Gasteiger charge is 2.09. The minimum Gasteiger partial charge on any atom is -0.317 e. The van der Waals surface area contributed by atoms with Crippen molar-refractivity contribution in [3.63, 3.8) is 0 Å². The molecule has 0 bridgehead atoms. The first kappa shape index (κ1) is 15.0. The molecule has 0 aromatic rings. The highest BCUT2D eigenvalue weighted by molar-refractivity contribution is 4.67. The predicted molar refractivity (Wildman–Crippen MR) is 70.3 cm³/mol. The average Bonchev–Trinajstić information content (AvgIpc) is 2.26. The molecule has 0 aromatic carbocycles. The van der Waals surface area contributed by atoms with E-state index in [1.807, 2.05) is 0 Å². The summed E-state index contributed by atoms with van der Waals surface area (Å²) in [7, 11) is 2.11. The lowest BCUT2D eigenvalue weighted by molar-refractivity contribution is 0.383. The molecule has 0 spiro atoms. The van der Waals surface area contributed by atoms with Crippen molar-refractivity contribution in [1.29, 1.82) is 0 Å². The Balaban J connectivity index is 3.44. The molecular weight excluding hydrogens is 182 g/mol. The van der Waals surface area contributed by atoms with Crippen LogP contribution in [0.15, 0.2) is 0 Å². The van der Waals surface area contributed by atoms with Crippen LogP contribution in [0.2, 0.25) is 0 Å². The summed E-state index contributed by atoms with van der Waals surface area (Å²) in [5.74, 6) is 0.873. The van der Waals surface area contributed by atoms with Crippen molar-refractivity contribution in [2.45, 2.75) is 78.2 Å². The lowest BCUT2D eigenvalue weighted by Crippen LogP contribution is -2.27. The Morgan fingerprint density at radius 2 is 1.67 bits per heavy atom. The van der Waals surface area contributed by atoms with Gasteiger partial charge in [0.25, 0.3) is 0 Å². The van der Waals surface area contributed by atoms with Gasteiger partial charge in [-0.15, -0.1) is 0 Å². The zero-order valence-corrected chi connectivity index (χ0v) is 11.3. The van der Waals surface area contributed by atoms with Gasteiger partial charge in [-0.2, -0.15) is 0 Å². The minimum atomic E-state index is 0.751. The standard InChI is InChI=1S/C14H31N/c1-5-7-8-9-10-11-14(15-4)12-13(3)6-2/h13-15H,5-12H2,1-4H3. The number of unbranched alkanes of at least 4 members (excludes halogenated alkanes) is 4. The van der Waals surface area contributed by atoms with Gasteiger partial charge in [-0.25, -0.2) is 0 Å². The maximum atomic E-state index is 3.46. The molecule has 2 atom stereocenters. The van der Waals surface area contributed by atoms with E-state index in [0.717, 1.165) is 12.0 Å². The molecule has 0 fully saturated rings. The average molecular weight is 213 g/mol. The van der Waals surface area contributed by atoms with Crippen LogP contribution in [0.4, 0.5) is 0 Å². The van der Waals surface area contributed by atoms with Gasteiger partial charge in [0.15, 0.2) is 0 Å². The van der Waals surface area contributed by atoms with Gasteiger partial charge in [0.1, 0.15) is 0 Å². The van der Waals surface area contributed by atoms with Crippen molar-refractivity contribution < 1.29 is 0 Å². The second-order valence-corrected chi connectivity index (χ2v) is 4.94. The molecule has 0 aromatic heterocycles. The lowest BCUT2D eigenvalue weighted by Gasteiger charge is -2.19. The van der Waals surface area contributed by atoms with E-state index in [1.54, 1.807) is 0 Å². The Kier molecular flexibility index (Phi) is 10.4. The summed E-state index contributed by atoms with van der Waals surface area (Å²) in [6.07, 6.45) is 11.0. The number of hydrogen-bond acceptors (Lipinski definition) is 1. The van der Waals surface area contributed by atoms with Crippen LogP contribution in [0.1, 0.15) is 72.1 Å². The van der Waals surface area contributed by atoms with Crippen LogP contribution >= 0.6 is 0 Å². The molecule has 0 heterocycles. The van der Waals surface area contributed by atoms with Crippen LogP contribution in [-0.2, 0) is 0 Å². The third kappa shape index (κ3) is 8.92. The summed E-state index contributed by atoms with van der Waals surface area (Å²) in [6, 6.07) is 0.751. The molecule has 92 valence electrons. The Morgan fingerprint density at radius 1 is 1.00 bits per heavy atom. The van der Waals surface area contributed by atoms with Crippen LogP contribution in [0, 0.1) is 5.92 Å². The Hall–Kier alpha value is -0.0400. The summed E-state index contributed by atoms with van der Waals surface area (Å²) in [4.78, 5) is 0. The van der Waals surface area contributed by atoms with Crippen LogP contribution in [0.3, 0.4) is 0 Å². The molecule has 0 radical (unpaired) electrons. The molecule has 0 saturated heterocycles. The Morgan fingerprint density at radius 3 is 2.20 bits per heavy atom. The van der Waals surface area contributed by atoms with Crippen molar-refractivity contribution in [1.82, 2.24) is 5.32 Å². The SMILES string of the molecule is CCCCCCCC(CC(C)CC)NC. The summed E-state index contributed by atoms with van der Waals surface area (Å²) < 4.78 is 0. The molecule has 0 aliphatic rings. The molecular formula is C14H31N. The second-order valence-electron chi connectivity index (χ2n) is 4.94. The third-order valence-corrected chi connectivity index (χ3v) is 3.45. The van der Waals surface area contributed by atoms with Gasteiger partial charge in [0.05, 0.1) is 0 Å². The Labute approximate surface area is 97.0 Å². The maximum Gasteiger partial charge on any atom is 0.00665 e. The largest absolute Gasteiger partial charge is 0.317 e. The molecule has 0 aliphatic heterocycles. The van der Waals surface area contributed by atoms with Gasteiger partial charge >= 0.3 is 0 Å². The molecule has 1 nitrogen and oxygen atoms in total. The van der Waals surface area contributed by atoms with E-state index >= 15 is 0 Å². The van der Waals surface area contributed by atoms with E-state index in [9.17, 15) is 0 Å². The number of nitrogens with one attached hydrogen (secondary N) is 1.